The van der Waals surface area contributed by atoms with Gasteiger partial charge in [0, 0.05) is 47.9 Å². The van der Waals surface area contributed by atoms with Gasteiger partial charge in [0.1, 0.15) is 0 Å². The summed E-state index contributed by atoms with van der Waals surface area (Å²) in [6, 6.07) is 25.2. The van der Waals surface area contributed by atoms with E-state index in [9.17, 15) is 10.1 Å². The molecule has 10 heteroatoms. The zero-order valence-electron chi connectivity index (χ0n) is 22.8. The van der Waals surface area contributed by atoms with E-state index >= 15 is 0 Å². The van der Waals surface area contributed by atoms with Gasteiger partial charge in [0.05, 0.1) is 41.0 Å². The number of ether oxygens (including phenoxy) is 1. The van der Waals surface area contributed by atoms with Gasteiger partial charge in [-0.15, -0.1) is 0 Å². The average Bonchev–Trinajstić information content (AvgIpc) is 3.24. The highest BCUT2D eigenvalue weighted by molar-refractivity contribution is 7.73. The quantitative estimate of drug-likeness (QED) is 0.160. The minimum absolute atomic E-state index is 0.0394. The second kappa shape index (κ2) is 10.5. The summed E-state index contributed by atoms with van der Waals surface area (Å²) in [7, 11) is -2.80. The molecular formula is C30H31N6O3P. The number of nitro benzene ring substituents is 1. The van der Waals surface area contributed by atoms with Gasteiger partial charge >= 0.3 is 0 Å². The SMILES string of the molecule is Cc1ccc(-n2c(C)c3c(c2C)P(=Nc2ccc([N+](=O)[O-])cc2)(N2CCOCC2)N(c2ccccc2)N=C3)cc1. The van der Waals surface area contributed by atoms with Crippen LogP contribution in [0.2, 0.25) is 0 Å². The molecular weight excluding hydrogens is 523 g/mol. The number of para-hydroxylation sites is 1. The highest BCUT2D eigenvalue weighted by Gasteiger charge is 2.45. The Morgan fingerprint density at radius 1 is 0.875 bits per heavy atom. The van der Waals surface area contributed by atoms with E-state index in [1.165, 1.54) is 17.7 Å². The van der Waals surface area contributed by atoms with Crippen molar-refractivity contribution in [1.82, 2.24) is 9.24 Å². The molecule has 1 unspecified atom stereocenters. The number of anilines is 1. The first-order chi connectivity index (χ1) is 19.4. The van der Waals surface area contributed by atoms with Crippen molar-refractivity contribution in [3.05, 3.63) is 111 Å². The molecule has 6 rings (SSSR count). The number of nitro groups is 1. The van der Waals surface area contributed by atoms with Crippen LogP contribution in [0, 0.1) is 30.9 Å². The van der Waals surface area contributed by atoms with Gasteiger partial charge in [0.25, 0.3) is 5.69 Å². The third kappa shape index (κ3) is 4.36. The van der Waals surface area contributed by atoms with Crippen molar-refractivity contribution >= 4 is 35.9 Å². The molecule has 0 bridgehead atoms. The van der Waals surface area contributed by atoms with Crippen LogP contribution in [0.4, 0.5) is 17.1 Å². The normalized spacial score (nSPS) is 18.9. The Balaban J connectivity index is 1.68. The molecule has 1 saturated heterocycles. The first-order valence-electron chi connectivity index (χ1n) is 13.3. The number of fused-ring (bicyclic) bond motifs is 1. The molecule has 4 aromatic rings. The highest BCUT2D eigenvalue weighted by atomic mass is 31.2. The summed E-state index contributed by atoms with van der Waals surface area (Å²) in [6.45, 7) is 8.95. The fourth-order valence-electron chi connectivity index (χ4n) is 5.58. The van der Waals surface area contributed by atoms with Gasteiger partial charge in [0.2, 0.25) is 0 Å². The molecule has 2 aliphatic rings. The van der Waals surface area contributed by atoms with E-state index in [0.717, 1.165) is 33.6 Å². The third-order valence-electron chi connectivity index (χ3n) is 7.50. The lowest BCUT2D eigenvalue weighted by Crippen LogP contribution is -2.44. The first kappa shape index (κ1) is 26.2. The van der Waals surface area contributed by atoms with Crippen molar-refractivity contribution in [3.63, 3.8) is 0 Å². The standard InChI is InChI=1S/C30H31N6O3P/c1-22-9-13-26(14-10-22)34-23(2)29-21-31-35(27-7-5-4-6-8-27)40(30(29)24(34)3,33-17-19-39-20-18-33)32-25-11-15-28(16-12-25)36(37)38/h4-16,21H,17-20H2,1-3H3. The van der Waals surface area contributed by atoms with Crippen molar-refractivity contribution in [1.29, 1.82) is 0 Å². The molecule has 0 saturated carbocycles. The highest BCUT2D eigenvalue weighted by Crippen LogP contribution is 2.62. The van der Waals surface area contributed by atoms with Crippen LogP contribution in [0.1, 0.15) is 22.5 Å². The lowest BCUT2D eigenvalue weighted by atomic mass is 10.2. The number of aryl methyl sites for hydroxylation is 1. The van der Waals surface area contributed by atoms with E-state index in [2.05, 4.69) is 71.2 Å². The molecule has 204 valence electrons. The topological polar surface area (TPSA) is 88.5 Å². The fourth-order valence-corrected chi connectivity index (χ4v) is 9.51. The molecule has 0 amide bonds. The summed E-state index contributed by atoms with van der Waals surface area (Å²) >= 11 is 0. The third-order valence-corrected chi connectivity index (χ3v) is 11.2. The maximum atomic E-state index is 11.4. The zero-order chi connectivity index (χ0) is 27.9. The van der Waals surface area contributed by atoms with E-state index in [4.69, 9.17) is 14.6 Å². The van der Waals surface area contributed by atoms with Gasteiger partial charge in [-0.3, -0.25) is 10.1 Å². The number of rotatable bonds is 5. The fraction of sp³-hybridized carbons (Fsp3) is 0.233. The largest absolute Gasteiger partial charge is 0.379 e. The van der Waals surface area contributed by atoms with Gasteiger partial charge in [-0.1, -0.05) is 35.9 Å². The van der Waals surface area contributed by atoms with Gasteiger partial charge in [-0.2, -0.15) is 5.10 Å². The van der Waals surface area contributed by atoms with E-state index in [1.54, 1.807) is 12.1 Å². The Morgan fingerprint density at radius 2 is 1.55 bits per heavy atom. The molecule has 3 heterocycles. The van der Waals surface area contributed by atoms with Crippen LogP contribution in [-0.4, -0.2) is 46.7 Å². The molecule has 9 nitrogen and oxygen atoms in total. The Labute approximate surface area is 233 Å². The number of non-ortho nitro benzene ring substituents is 1. The van der Waals surface area contributed by atoms with Crippen LogP contribution < -0.4 is 10.1 Å². The number of nitrogens with zero attached hydrogens (tertiary/aromatic N) is 6. The summed E-state index contributed by atoms with van der Waals surface area (Å²) in [5.41, 5.74) is 7.22. The smallest absolute Gasteiger partial charge is 0.269 e. The summed E-state index contributed by atoms with van der Waals surface area (Å²) < 4.78 is 18.2. The molecule has 1 atom stereocenters. The Kier molecular flexibility index (Phi) is 6.88. The summed E-state index contributed by atoms with van der Waals surface area (Å²) in [5, 5.41) is 17.6. The van der Waals surface area contributed by atoms with Crippen LogP contribution in [0.5, 0.6) is 0 Å². The predicted octanol–water partition coefficient (Wildman–Crippen LogP) is 6.49. The average molecular weight is 555 g/mol. The van der Waals surface area contributed by atoms with Crippen LogP contribution in [-0.2, 0) is 4.74 Å². The summed E-state index contributed by atoms with van der Waals surface area (Å²) in [6.07, 6.45) is 1.96. The molecule has 0 spiro atoms. The lowest BCUT2D eigenvalue weighted by Gasteiger charge is -2.45. The van der Waals surface area contributed by atoms with Gasteiger partial charge < -0.3 is 9.30 Å². The predicted molar refractivity (Wildman–Crippen MR) is 161 cm³/mol. The number of hydrogen-bond acceptors (Lipinski definition) is 5. The van der Waals surface area contributed by atoms with Crippen molar-refractivity contribution < 1.29 is 9.66 Å². The van der Waals surface area contributed by atoms with Crippen molar-refractivity contribution in [3.8, 4) is 5.69 Å². The molecule has 0 N–H and O–H groups in total. The monoisotopic (exact) mass is 554 g/mol. The molecule has 40 heavy (non-hydrogen) atoms. The van der Waals surface area contributed by atoms with Crippen LogP contribution in [0.3, 0.4) is 0 Å². The molecule has 0 aliphatic carbocycles. The van der Waals surface area contributed by atoms with Crippen molar-refractivity contribution in [2.75, 3.05) is 31.1 Å². The van der Waals surface area contributed by atoms with Crippen LogP contribution >= 0.6 is 7.36 Å². The van der Waals surface area contributed by atoms with Crippen molar-refractivity contribution in [2.24, 2.45) is 9.85 Å². The Morgan fingerprint density at radius 3 is 2.20 bits per heavy atom. The maximum absolute atomic E-state index is 11.4. The second-order valence-electron chi connectivity index (χ2n) is 9.98. The number of hydrazone groups is 1. The minimum Gasteiger partial charge on any atom is -0.379 e. The number of hydrogen-bond donors (Lipinski definition) is 0. The van der Waals surface area contributed by atoms with Crippen LogP contribution in [0.25, 0.3) is 5.69 Å². The number of benzene rings is 3. The second-order valence-corrected chi connectivity index (χ2v) is 12.7. The van der Waals surface area contributed by atoms with E-state index in [1.807, 2.05) is 24.4 Å². The van der Waals surface area contributed by atoms with Gasteiger partial charge in [-0.25, -0.2) is 14.2 Å². The van der Waals surface area contributed by atoms with Gasteiger partial charge in [-0.05, 0) is 57.2 Å². The van der Waals surface area contributed by atoms with Crippen molar-refractivity contribution in [2.45, 2.75) is 20.8 Å². The Bertz CT molecular complexity index is 1640. The zero-order valence-corrected chi connectivity index (χ0v) is 23.7. The number of aromatic nitrogens is 1. The van der Waals surface area contributed by atoms with E-state index < -0.39 is 7.36 Å². The molecule has 2 aliphatic heterocycles. The molecule has 0 radical (unpaired) electrons. The van der Waals surface area contributed by atoms with Gasteiger partial charge in [0.15, 0.2) is 7.36 Å². The molecule has 1 fully saturated rings. The maximum Gasteiger partial charge on any atom is 0.269 e. The van der Waals surface area contributed by atoms with E-state index in [0.29, 0.717) is 32.0 Å². The number of morpholine rings is 1. The minimum atomic E-state index is -2.80. The molecule has 1 aromatic heterocycles. The summed E-state index contributed by atoms with van der Waals surface area (Å²) in [4.78, 5) is 11.0. The molecule has 3 aromatic carbocycles. The first-order valence-corrected chi connectivity index (χ1v) is 14.9. The summed E-state index contributed by atoms with van der Waals surface area (Å²) in [5.74, 6) is 0. The van der Waals surface area contributed by atoms with E-state index in [-0.39, 0.29) is 10.6 Å². The lowest BCUT2D eigenvalue weighted by molar-refractivity contribution is -0.384. The Hall–Kier alpha value is -4.04. The van der Waals surface area contributed by atoms with Crippen LogP contribution in [0.15, 0.2) is 88.7 Å².